The predicted octanol–water partition coefficient (Wildman–Crippen LogP) is 3.09. The third-order valence-electron chi connectivity index (χ3n) is 4.75. The largest absolute Gasteiger partial charge is 0.390 e. The van der Waals surface area contributed by atoms with E-state index >= 15 is 0 Å². The molecule has 0 unspecified atom stereocenters. The summed E-state index contributed by atoms with van der Waals surface area (Å²) in [7, 11) is 0. The van der Waals surface area contributed by atoms with Crippen LogP contribution in [0.3, 0.4) is 0 Å². The highest BCUT2D eigenvalue weighted by Gasteiger charge is 2.29. The fraction of sp³-hybridized carbons (Fsp3) is 0.200. The molecule has 35 heavy (non-hydrogen) atoms. The quantitative estimate of drug-likeness (QED) is 0.394. The van der Waals surface area contributed by atoms with E-state index in [-0.39, 0.29) is 34.9 Å². The lowest BCUT2D eigenvalue weighted by Crippen LogP contribution is -2.27. The highest BCUT2D eigenvalue weighted by molar-refractivity contribution is 6.32. The van der Waals surface area contributed by atoms with Crippen LogP contribution in [0.2, 0.25) is 10.0 Å². The van der Waals surface area contributed by atoms with Gasteiger partial charge in [0, 0.05) is 23.3 Å². The van der Waals surface area contributed by atoms with Crippen LogP contribution in [0.4, 0.5) is 13.2 Å². The zero-order valence-electron chi connectivity index (χ0n) is 17.6. The molecule has 1 aromatic carbocycles. The number of rotatable bonds is 7. The van der Waals surface area contributed by atoms with Crippen LogP contribution in [0, 0.1) is 0 Å². The average Bonchev–Trinajstić information content (AvgIpc) is 3.34. The van der Waals surface area contributed by atoms with Gasteiger partial charge in [-0.1, -0.05) is 23.2 Å². The van der Waals surface area contributed by atoms with Gasteiger partial charge in [-0.15, -0.1) is 10.2 Å². The first-order valence-electron chi connectivity index (χ1n) is 9.90. The van der Waals surface area contributed by atoms with Gasteiger partial charge in [0.05, 0.1) is 11.4 Å². The minimum Gasteiger partial charge on any atom is -0.363 e. The number of alkyl halides is 3. The molecule has 2 N–H and O–H groups in total. The van der Waals surface area contributed by atoms with Crippen molar-refractivity contribution in [2.24, 2.45) is 5.73 Å². The number of halogens is 5. The van der Waals surface area contributed by atoms with Crippen LogP contribution in [0.5, 0.6) is 0 Å². The second-order valence-electron chi connectivity index (χ2n) is 7.22. The number of amides is 1. The van der Waals surface area contributed by atoms with Gasteiger partial charge in [0.1, 0.15) is 6.54 Å². The van der Waals surface area contributed by atoms with Crippen LogP contribution >= 0.6 is 23.2 Å². The molecule has 10 nitrogen and oxygen atoms in total. The zero-order valence-corrected chi connectivity index (χ0v) is 19.1. The first-order valence-corrected chi connectivity index (χ1v) is 10.7. The van der Waals surface area contributed by atoms with Gasteiger partial charge in [-0.3, -0.25) is 9.36 Å². The predicted molar refractivity (Wildman–Crippen MR) is 119 cm³/mol. The minimum absolute atomic E-state index is 0.00163. The van der Waals surface area contributed by atoms with E-state index < -0.39 is 30.7 Å². The summed E-state index contributed by atoms with van der Waals surface area (Å²) in [6.45, 7) is -1.02. The van der Waals surface area contributed by atoms with Gasteiger partial charge in [0.25, 0.3) is 5.91 Å². The number of primary amides is 1. The van der Waals surface area contributed by atoms with Gasteiger partial charge in [-0.2, -0.15) is 17.9 Å². The Labute approximate surface area is 204 Å². The molecular weight excluding hydrogens is 512 g/mol. The lowest BCUT2D eigenvalue weighted by molar-refractivity contribution is -0.136. The summed E-state index contributed by atoms with van der Waals surface area (Å²) in [5.41, 5.74) is 4.95. The number of benzene rings is 1. The lowest BCUT2D eigenvalue weighted by atomic mass is 10.2. The maximum atomic E-state index is 13.0. The van der Waals surface area contributed by atoms with Crippen molar-refractivity contribution in [3.63, 3.8) is 0 Å². The Kier molecular flexibility index (Phi) is 6.63. The molecule has 15 heteroatoms. The number of nitrogens with zero attached hydrogens (tertiary/aromatic N) is 7. The van der Waals surface area contributed by atoms with Crippen molar-refractivity contribution in [1.82, 2.24) is 34.1 Å². The molecule has 3 heterocycles. The average molecular weight is 527 g/mol. The molecule has 3 aromatic heterocycles. The van der Waals surface area contributed by atoms with E-state index in [1.165, 1.54) is 36.5 Å². The summed E-state index contributed by atoms with van der Waals surface area (Å²) in [6, 6.07) is 9.18. The molecule has 182 valence electrons. The zero-order chi connectivity index (χ0) is 25.3. The Morgan fingerprint density at radius 3 is 2.43 bits per heavy atom. The van der Waals surface area contributed by atoms with Gasteiger partial charge < -0.3 is 5.73 Å². The number of hydrogen-bond acceptors (Lipinski definition) is 6. The van der Waals surface area contributed by atoms with Crippen LogP contribution in [0.1, 0.15) is 22.9 Å². The van der Waals surface area contributed by atoms with E-state index in [1.54, 1.807) is 6.07 Å². The SMILES string of the molecule is NC(=O)c1nc(Cn2nc(-c3ccc(Cl)cc3)n(CCC(F)(F)F)c2=O)nn1-c1ncccc1Cl. The van der Waals surface area contributed by atoms with Crippen LogP contribution in [-0.2, 0) is 13.1 Å². The maximum Gasteiger partial charge on any atom is 0.390 e. The number of pyridine rings is 1. The standard InChI is InChI=1S/C20H15Cl2F3N8O2/c21-12-5-3-11(4-6-12)16-30-32(19(35)31(16)9-7-20(23,24)25)10-14-28-18(15(26)34)33(29-14)17-13(22)2-1-8-27-17/h1-6,8H,7,9-10H2,(H2,26,34). The van der Waals surface area contributed by atoms with Crippen molar-refractivity contribution >= 4 is 29.1 Å². The maximum absolute atomic E-state index is 13.0. The molecular formula is C20H15Cl2F3N8O2. The summed E-state index contributed by atoms with van der Waals surface area (Å²) in [4.78, 5) is 33.0. The van der Waals surface area contributed by atoms with Crippen molar-refractivity contribution < 1.29 is 18.0 Å². The second-order valence-corrected chi connectivity index (χ2v) is 8.07. The van der Waals surface area contributed by atoms with E-state index in [0.29, 0.717) is 10.6 Å². The molecule has 0 aliphatic carbocycles. The minimum atomic E-state index is -4.49. The van der Waals surface area contributed by atoms with Gasteiger partial charge in [-0.05, 0) is 36.4 Å². The van der Waals surface area contributed by atoms with Crippen LogP contribution in [0.25, 0.3) is 17.2 Å². The van der Waals surface area contributed by atoms with E-state index in [9.17, 15) is 22.8 Å². The number of carbonyl (C=O) groups is 1. The Morgan fingerprint density at radius 1 is 1.09 bits per heavy atom. The van der Waals surface area contributed by atoms with Crippen LogP contribution < -0.4 is 11.4 Å². The normalized spacial score (nSPS) is 11.7. The van der Waals surface area contributed by atoms with Crippen molar-refractivity contribution in [1.29, 1.82) is 0 Å². The third kappa shape index (κ3) is 5.35. The van der Waals surface area contributed by atoms with Crippen LogP contribution in [0.15, 0.2) is 47.4 Å². The highest BCUT2D eigenvalue weighted by Crippen LogP contribution is 2.24. The molecule has 0 spiro atoms. The molecule has 0 radical (unpaired) electrons. The Morgan fingerprint density at radius 2 is 1.80 bits per heavy atom. The van der Waals surface area contributed by atoms with E-state index in [0.717, 1.165) is 13.9 Å². The molecule has 4 rings (SSSR count). The topological polar surface area (TPSA) is 127 Å². The summed E-state index contributed by atoms with van der Waals surface area (Å²) in [6.07, 6.45) is -4.31. The first-order chi connectivity index (χ1) is 16.5. The number of aromatic nitrogens is 7. The molecule has 0 saturated carbocycles. The highest BCUT2D eigenvalue weighted by atomic mass is 35.5. The third-order valence-corrected chi connectivity index (χ3v) is 5.29. The number of nitrogens with two attached hydrogens (primary N) is 1. The smallest absolute Gasteiger partial charge is 0.363 e. The molecule has 0 aliphatic rings. The Balaban J connectivity index is 1.76. The summed E-state index contributed by atoms with van der Waals surface area (Å²) < 4.78 is 41.5. The molecule has 0 fully saturated rings. The van der Waals surface area contributed by atoms with Crippen LogP contribution in [-0.4, -0.2) is 46.2 Å². The molecule has 0 bridgehead atoms. The van der Waals surface area contributed by atoms with E-state index in [1.807, 2.05) is 0 Å². The summed E-state index contributed by atoms with van der Waals surface area (Å²) in [5.74, 6) is -1.23. The van der Waals surface area contributed by atoms with Gasteiger partial charge in [0.15, 0.2) is 17.5 Å². The first kappa shape index (κ1) is 24.4. The lowest BCUT2D eigenvalue weighted by Gasteiger charge is -2.08. The summed E-state index contributed by atoms with van der Waals surface area (Å²) >= 11 is 12.0. The van der Waals surface area contributed by atoms with Crippen molar-refractivity contribution in [2.45, 2.75) is 25.7 Å². The van der Waals surface area contributed by atoms with Gasteiger partial charge >= 0.3 is 11.9 Å². The molecule has 0 saturated heterocycles. The Hall–Kier alpha value is -3.71. The van der Waals surface area contributed by atoms with Gasteiger partial charge in [0.2, 0.25) is 5.82 Å². The number of carbonyl (C=O) groups excluding carboxylic acids is 1. The fourth-order valence-corrected chi connectivity index (χ4v) is 3.52. The fourth-order valence-electron chi connectivity index (χ4n) is 3.19. The van der Waals surface area contributed by atoms with Crippen molar-refractivity contribution in [2.75, 3.05) is 0 Å². The Bertz CT molecular complexity index is 1440. The molecule has 4 aromatic rings. The van der Waals surface area contributed by atoms with E-state index in [2.05, 4.69) is 20.2 Å². The van der Waals surface area contributed by atoms with Crippen molar-refractivity contribution in [3.8, 4) is 17.2 Å². The van der Waals surface area contributed by atoms with Crippen molar-refractivity contribution in [3.05, 3.63) is 74.8 Å². The number of hydrogen-bond donors (Lipinski definition) is 1. The molecule has 0 atom stereocenters. The van der Waals surface area contributed by atoms with E-state index in [4.69, 9.17) is 28.9 Å². The summed E-state index contributed by atoms with van der Waals surface area (Å²) in [5, 5.41) is 8.91. The molecule has 0 aliphatic heterocycles. The molecule has 1 amide bonds. The monoisotopic (exact) mass is 526 g/mol. The van der Waals surface area contributed by atoms with Gasteiger partial charge in [-0.25, -0.2) is 19.4 Å². The second kappa shape index (κ2) is 9.50.